The van der Waals surface area contributed by atoms with E-state index in [2.05, 4.69) is 25.7 Å². The molecule has 0 heterocycles. The minimum atomic E-state index is 0.211. The van der Waals surface area contributed by atoms with Crippen molar-refractivity contribution in [3.63, 3.8) is 0 Å². The molecule has 1 aliphatic rings. The Morgan fingerprint density at radius 3 is 2.62 bits per heavy atom. The van der Waals surface area contributed by atoms with Gasteiger partial charge in [-0.05, 0) is 25.2 Å². The zero-order chi connectivity index (χ0) is 9.84. The summed E-state index contributed by atoms with van der Waals surface area (Å²) in [5, 5.41) is 3.58. The van der Waals surface area contributed by atoms with Crippen molar-refractivity contribution in [2.24, 2.45) is 11.7 Å². The fourth-order valence-electron chi connectivity index (χ4n) is 1.58. The minimum absolute atomic E-state index is 0.211. The molecule has 0 bridgehead atoms. The Morgan fingerprint density at radius 1 is 1.62 bits per heavy atom. The van der Waals surface area contributed by atoms with Crippen molar-refractivity contribution in [3.05, 3.63) is 12.7 Å². The van der Waals surface area contributed by atoms with Crippen molar-refractivity contribution >= 4 is 0 Å². The Morgan fingerprint density at radius 2 is 2.23 bits per heavy atom. The topological polar surface area (TPSA) is 38.0 Å². The van der Waals surface area contributed by atoms with Gasteiger partial charge in [0, 0.05) is 18.1 Å². The molecule has 0 aromatic rings. The summed E-state index contributed by atoms with van der Waals surface area (Å²) in [5.41, 5.74) is 6.12. The van der Waals surface area contributed by atoms with Crippen LogP contribution in [0.3, 0.4) is 0 Å². The fraction of sp³-hybridized carbons (Fsp3) is 0.818. The molecule has 0 saturated heterocycles. The van der Waals surface area contributed by atoms with E-state index >= 15 is 0 Å². The highest BCUT2D eigenvalue weighted by molar-refractivity contribution is 4.94. The third kappa shape index (κ3) is 3.12. The summed E-state index contributed by atoms with van der Waals surface area (Å²) >= 11 is 0. The Labute approximate surface area is 81.6 Å². The SMILES string of the molecule is C=C[C@H](C)[C@H](N)[C@H](CC)NC1CC1. The van der Waals surface area contributed by atoms with Crippen molar-refractivity contribution in [1.82, 2.24) is 5.32 Å². The highest BCUT2D eigenvalue weighted by Gasteiger charge is 2.27. The lowest BCUT2D eigenvalue weighted by molar-refractivity contribution is 0.366. The van der Waals surface area contributed by atoms with Gasteiger partial charge in [0.15, 0.2) is 0 Å². The van der Waals surface area contributed by atoms with Gasteiger partial charge in [-0.1, -0.05) is 19.9 Å². The van der Waals surface area contributed by atoms with Crippen LogP contribution >= 0.6 is 0 Å². The molecule has 1 fully saturated rings. The maximum absolute atomic E-state index is 6.12. The van der Waals surface area contributed by atoms with Crippen molar-refractivity contribution in [2.75, 3.05) is 0 Å². The molecular weight excluding hydrogens is 160 g/mol. The van der Waals surface area contributed by atoms with Crippen LogP contribution in [0, 0.1) is 5.92 Å². The van der Waals surface area contributed by atoms with Gasteiger partial charge >= 0.3 is 0 Å². The number of hydrogen-bond donors (Lipinski definition) is 2. The first kappa shape index (κ1) is 10.7. The smallest absolute Gasteiger partial charge is 0.0255 e. The van der Waals surface area contributed by atoms with E-state index in [0.29, 0.717) is 12.0 Å². The maximum Gasteiger partial charge on any atom is 0.0255 e. The third-order valence-electron chi connectivity index (χ3n) is 2.91. The van der Waals surface area contributed by atoms with Crippen LogP contribution in [0.2, 0.25) is 0 Å². The predicted molar refractivity (Wildman–Crippen MR) is 57.6 cm³/mol. The summed E-state index contributed by atoms with van der Waals surface area (Å²) in [6.07, 6.45) is 5.70. The van der Waals surface area contributed by atoms with E-state index in [0.717, 1.165) is 12.5 Å². The van der Waals surface area contributed by atoms with Gasteiger partial charge in [-0.3, -0.25) is 0 Å². The van der Waals surface area contributed by atoms with Gasteiger partial charge < -0.3 is 11.1 Å². The van der Waals surface area contributed by atoms with E-state index in [1.165, 1.54) is 12.8 Å². The maximum atomic E-state index is 6.12. The zero-order valence-electron chi connectivity index (χ0n) is 8.79. The van der Waals surface area contributed by atoms with Crippen LogP contribution in [-0.4, -0.2) is 18.1 Å². The van der Waals surface area contributed by atoms with Gasteiger partial charge in [0.25, 0.3) is 0 Å². The van der Waals surface area contributed by atoms with Crippen LogP contribution in [0.15, 0.2) is 12.7 Å². The molecule has 0 aromatic carbocycles. The molecule has 3 N–H and O–H groups in total. The quantitative estimate of drug-likeness (QED) is 0.613. The Balaban J connectivity index is 2.37. The zero-order valence-corrected chi connectivity index (χ0v) is 8.79. The fourth-order valence-corrected chi connectivity index (χ4v) is 1.58. The van der Waals surface area contributed by atoms with Gasteiger partial charge in [-0.15, -0.1) is 6.58 Å². The van der Waals surface area contributed by atoms with E-state index < -0.39 is 0 Å². The van der Waals surface area contributed by atoms with Crippen LogP contribution in [-0.2, 0) is 0 Å². The summed E-state index contributed by atoms with van der Waals surface area (Å²) in [4.78, 5) is 0. The standard InChI is InChI=1S/C11H22N2/c1-4-8(3)11(12)10(5-2)13-9-6-7-9/h4,8-11,13H,1,5-7,12H2,2-3H3/t8-,10-,11-/m0/s1. The van der Waals surface area contributed by atoms with Crippen molar-refractivity contribution in [3.8, 4) is 0 Å². The number of nitrogens with two attached hydrogens (primary N) is 1. The van der Waals surface area contributed by atoms with Crippen LogP contribution in [0.5, 0.6) is 0 Å². The Hall–Kier alpha value is -0.340. The first-order valence-electron chi connectivity index (χ1n) is 5.33. The van der Waals surface area contributed by atoms with E-state index in [4.69, 9.17) is 5.73 Å². The molecule has 0 unspecified atom stereocenters. The van der Waals surface area contributed by atoms with E-state index in [1.807, 2.05) is 6.08 Å². The third-order valence-corrected chi connectivity index (χ3v) is 2.91. The van der Waals surface area contributed by atoms with Gasteiger partial charge in [-0.2, -0.15) is 0 Å². The first-order valence-corrected chi connectivity index (χ1v) is 5.33. The molecule has 2 heteroatoms. The van der Waals surface area contributed by atoms with Gasteiger partial charge in [0.05, 0.1) is 0 Å². The lowest BCUT2D eigenvalue weighted by atomic mass is 9.94. The number of hydrogen-bond acceptors (Lipinski definition) is 2. The van der Waals surface area contributed by atoms with Gasteiger partial charge in [0.2, 0.25) is 0 Å². The summed E-state index contributed by atoms with van der Waals surface area (Å²) in [6.45, 7) is 8.11. The molecule has 0 spiro atoms. The molecule has 3 atom stereocenters. The van der Waals surface area contributed by atoms with E-state index in [9.17, 15) is 0 Å². The highest BCUT2D eigenvalue weighted by Crippen LogP contribution is 2.21. The molecule has 13 heavy (non-hydrogen) atoms. The van der Waals surface area contributed by atoms with Crippen LogP contribution < -0.4 is 11.1 Å². The molecule has 0 radical (unpaired) electrons. The lowest BCUT2D eigenvalue weighted by Crippen LogP contribution is -2.48. The summed E-state index contributed by atoms with van der Waals surface area (Å²) in [5.74, 6) is 0.399. The lowest BCUT2D eigenvalue weighted by Gasteiger charge is -2.27. The largest absolute Gasteiger partial charge is 0.326 e. The Kier molecular flexibility index (Phi) is 3.94. The predicted octanol–water partition coefficient (Wildman–Crippen LogP) is 1.67. The molecule has 0 amide bonds. The monoisotopic (exact) mass is 182 g/mol. The number of rotatable bonds is 6. The molecular formula is C11H22N2. The molecule has 1 aliphatic carbocycles. The number of nitrogens with one attached hydrogen (secondary N) is 1. The van der Waals surface area contributed by atoms with Gasteiger partial charge in [-0.25, -0.2) is 0 Å². The van der Waals surface area contributed by atoms with Crippen LogP contribution in [0.4, 0.5) is 0 Å². The van der Waals surface area contributed by atoms with E-state index in [-0.39, 0.29) is 6.04 Å². The molecule has 0 aliphatic heterocycles. The molecule has 0 aromatic heterocycles. The van der Waals surface area contributed by atoms with Crippen molar-refractivity contribution < 1.29 is 0 Å². The Bertz CT molecular complexity index is 163. The minimum Gasteiger partial charge on any atom is -0.326 e. The van der Waals surface area contributed by atoms with Crippen LogP contribution in [0.1, 0.15) is 33.1 Å². The van der Waals surface area contributed by atoms with Crippen molar-refractivity contribution in [2.45, 2.75) is 51.2 Å². The second kappa shape index (κ2) is 4.77. The van der Waals surface area contributed by atoms with Crippen LogP contribution in [0.25, 0.3) is 0 Å². The molecule has 1 rings (SSSR count). The van der Waals surface area contributed by atoms with E-state index in [1.54, 1.807) is 0 Å². The average Bonchev–Trinajstić information content (AvgIpc) is 2.95. The van der Waals surface area contributed by atoms with Crippen molar-refractivity contribution in [1.29, 1.82) is 0 Å². The second-order valence-corrected chi connectivity index (χ2v) is 4.13. The highest BCUT2D eigenvalue weighted by atomic mass is 15.0. The summed E-state index contributed by atoms with van der Waals surface area (Å²) < 4.78 is 0. The first-order chi connectivity index (χ1) is 6.19. The molecule has 76 valence electrons. The van der Waals surface area contributed by atoms with Gasteiger partial charge in [0.1, 0.15) is 0 Å². The normalized spacial score (nSPS) is 23.6. The second-order valence-electron chi connectivity index (χ2n) is 4.13. The average molecular weight is 182 g/mol. The summed E-state index contributed by atoms with van der Waals surface area (Å²) in [6, 6.07) is 1.41. The summed E-state index contributed by atoms with van der Waals surface area (Å²) in [7, 11) is 0. The molecule has 2 nitrogen and oxygen atoms in total. The molecule has 1 saturated carbocycles.